The van der Waals surface area contributed by atoms with Gasteiger partial charge in [0.2, 0.25) is 0 Å². The van der Waals surface area contributed by atoms with Gasteiger partial charge in [0.1, 0.15) is 30.5 Å². The van der Waals surface area contributed by atoms with E-state index in [4.69, 9.17) is 18.9 Å². The molecule has 9 nitrogen and oxygen atoms in total. The Bertz CT molecular complexity index is 1640. The highest BCUT2D eigenvalue weighted by Crippen LogP contribution is 2.45. The number of aliphatic hydroxyl groups is 1. The number of fused-ring (bicyclic) bond motifs is 2. The monoisotopic (exact) mass is 544 g/mol. The molecule has 4 aromatic rings. The lowest BCUT2D eigenvalue weighted by Crippen LogP contribution is -2.29. The highest BCUT2D eigenvalue weighted by atomic mass is 32.1. The Labute approximate surface area is 227 Å². The molecule has 10 heteroatoms. The average molecular weight is 545 g/mol. The standard InChI is InChI=1S/C29H24N2O7S/c1-3-36-19-8-9-20-23(15-19)39-29(30-20)31-25(16-5-4-6-18(13-16)35-2)24(27(33)28(31)34)26(32)17-7-10-21-22(14-17)38-12-11-37-21/h4-10,13-15,25,32H,3,11-12H2,1-2H3/b26-24+. The number of aliphatic hydroxyl groups excluding tert-OH is 1. The zero-order chi connectivity index (χ0) is 27.1. The van der Waals surface area contributed by atoms with E-state index < -0.39 is 17.7 Å². The second-order valence-electron chi connectivity index (χ2n) is 8.86. The van der Waals surface area contributed by atoms with E-state index in [0.717, 1.165) is 4.70 Å². The van der Waals surface area contributed by atoms with Gasteiger partial charge in [-0.25, -0.2) is 4.98 Å². The van der Waals surface area contributed by atoms with Crippen LogP contribution in [-0.2, 0) is 9.59 Å². The van der Waals surface area contributed by atoms with Crippen LogP contribution in [-0.4, -0.2) is 48.7 Å². The van der Waals surface area contributed by atoms with E-state index in [1.807, 2.05) is 25.1 Å². The Morgan fingerprint density at radius 2 is 1.87 bits per heavy atom. The fourth-order valence-corrected chi connectivity index (χ4v) is 5.78. The van der Waals surface area contributed by atoms with Crippen LogP contribution >= 0.6 is 11.3 Å². The number of anilines is 1. The zero-order valence-corrected chi connectivity index (χ0v) is 22.0. The van der Waals surface area contributed by atoms with E-state index in [1.54, 1.807) is 42.5 Å². The van der Waals surface area contributed by atoms with Gasteiger partial charge in [-0.2, -0.15) is 0 Å². The van der Waals surface area contributed by atoms with Gasteiger partial charge in [-0.1, -0.05) is 23.5 Å². The van der Waals surface area contributed by atoms with Gasteiger partial charge in [-0.3, -0.25) is 14.5 Å². The van der Waals surface area contributed by atoms with Crippen LogP contribution in [0.3, 0.4) is 0 Å². The fraction of sp³-hybridized carbons (Fsp3) is 0.207. The summed E-state index contributed by atoms with van der Waals surface area (Å²) in [7, 11) is 1.54. The first kappa shape index (κ1) is 24.7. The van der Waals surface area contributed by atoms with Crippen LogP contribution in [0, 0.1) is 0 Å². The van der Waals surface area contributed by atoms with Gasteiger partial charge in [-0.05, 0) is 61.0 Å². The Kier molecular flexibility index (Phi) is 6.32. The van der Waals surface area contributed by atoms with Crippen molar-refractivity contribution in [1.82, 2.24) is 4.98 Å². The molecule has 1 atom stereocenters. The molecule has 1 aromatic heterocycles. The van der Waals surface area contributed by atoms with Crippen molar-refractivity contribution in [2.45, 2.75) is 13.0 Å². The topological polar surface area (TPSA) is 107 Å². The van der Waals surface area contributed by atoms with Gasteiger partial charge in [0.15, 0.2) is 16.6 Å². The van der Waals surface area contributed by atoms with Crippen molar-refractivity contribution in [3.63, 3.8) is 0 Å². The van der Waals surface area contributed by atoms with Crippen LogP contribution in [0.1, 0.15) is 24.1 Å². The highest BCUT2D eigenvalue weighted by Gasteiger charge is 2.48. The van der Waals surface area contributed by atoms with E-state index in [-0.39, 0.29) is 11.3 Å². The first-order chi connectivity index (χ1) is 19.0. The van der Waals surface area contributed by atoms with Gasteiger partial charge in [-0.15, -0.1) is 0 Å². The molecule has 1 amide bonds. The number of benzene rings is 3. The molecule has 2 aliphatic heterocycles. The lowest BCUT2D eigenvalue weighted by atomic mass is 9.95. The molecule has 0 saturated carbocycles. The number of hydrogen-bond donors (Lipinski definition) is 1. The normalized spacial score (nSPS) is 18.0. The third-order valence-electron chi connectivity index (χ3n) is 6.54. The number of carbonyl (C=O) groups excluding carboxylic acids is 2. The number of aromatic nitrogens is 1. The molecule has 3 aromatic carbocycles. The summed E-state index contributed by atoms with van der Waals surface area (Å²) in [6.45, 7) is 3.21. The first-order valence-corrected chi connectivity index (χ1v) is 13.2. The molecule has 0 radical (unpaired) electrons. The lowest BCUT2D eigenvalue weighted by molar-refractivity contribution is -0.132. The average Bonchev–Trinajstić information content (AvgIpc) is 3.50. The van der Waals surface area contributed by atoms with Crippen LogP contribution in [0.5, 0.6) is 23.0 Å². The van der Waals surface area contributed by atoms with Crippen molar-refractivity contribution >= 4 is 44.1 Å². The minimum Gasteiger partial charge on any atom is -0.507 e. The third-order valence-corrected chi connectivity index (χ3v) is 7.55. The predicted octanol–water partition coefficient (Wildman–Crippen LogP) is 5.10. The third kappa shape index (κ3) is 4.32. The number of amides is 1. The molecule has 0 bridgehead atoms. The van der Waals surface area contributed by atoms with Crippen molar-refractivity contribution in [3.05, 3.63) is 77.4 Å². The van der Waals surface area contributed by atoms with Crippen LogP contribution in [0.4, 0.5) is 5.13 Å². The quantitative estimate of drug-likeness (QED) is 0.203. The molecular formula is C29H24N2O7S. The number of ketones is 1. The van der Waals surface area contributed by atoms with E-state index in [0.29, 0.717) is 64.6 Å². The number of Topliss-reactive ketones (excluding diaryl/α,β-unsaturated/α-hetero) is 1. The smallest absolute Gasteiger partial charge is 0.301 e. The summed E-state index contributed by atoms with van der Waals surface area (Å²) < 4.78 is 23.1. The SMILES string of the molecule is CCOc1ccc2nc(N3C(=O)C(=O)/C(=C(/O)c4ccc5c(c4)OCCO5)C3c3cccc(OC)c3)sc2c1. The minimum atomic E-state index is -0.944. The molecule has 6 rings (SSSR count). The van der Waals surface area contributed by atoms with Crippen molar-refractivity contribution in [2.75, 3.05) is 31.8 Å². The Morgan fingerprint density at radius 3 is 2.67 bits per heavy atom. The maximum Gasteiger partial charge on any atom is 0.301 e. The van der Waals surface area contributed by atoms with Crippen LogP contribution in [0.2, 0.25) is 0 Å². The molecule has 0 spiro atoms. The second kappa shape index (κ2) is 9.95. The fourth-order valence-electron chi connectivity index (χ4n) is 4.76. The molecule has 1 saturated heterocycles. The number of thiazole rings is 1. The van der Waals surface area contributed by atoms with Gasteiger partial charge >= 0.3 is 5.91 Å². The second-order valence-corrected chi connectivity index (χ2v) is 9.87. The van der Waals surface area contributed by atoms with Crippen LogP contribution in [0.25, 0.3) is 16.0 Å². The van der Waals surface area contributed by atoms with E-state index >= 15 is 0 Å². The van der Waals surface area contributed by atoms with Gasteiger partial charge < -0.3 is 24.1 Å². The summed E-state index contributed by atoms with van der Waals surface area (Å²) in [6.07, 6.45) is 0. The summed E-state index contributed by atoms with van der Waals surface area (Å²) in [5.41, 5.74) is 1.52. The molecule has 1 fully saturated rings. The molecule has 0 aliphatic carbocycles. The predicted molar refractivity (Wildman–Crippen MR) is 146 cm³/mol. The highest BCUT2D eigenvalue weighted by molar-refractivity contribution is 7.22. The first-order valence-electron chi connectivity index (χ1n) is 12.4. The summed E-state index contributed by atoms with van der Waals surface area (Å²) in [6, 6.07) is 16.5. The van der Waals surface area contributed by atoms with E-state index in [1.165, 1.54) is 23.3 Å². The summed E-state index contributed by atoms with van der Waals surface area (Å²) >= 11 is 1.27. The van der Waals surface area contributed by atoms with Gasteiger partial charge in [0, 0.05) is 5.56 Å². The molecule has 39 heavy (non-hydrogen) atoms. The molecule has 3 heterocycles. The summed E-state index contributed by atoms with van der Waals surface area (Å²) in [4.78, 5) is 33.1. The molecule has 198 valence electrons. The number of ether oxygens (including phenoxy) is 4. The van der Waals surface area contributed by atoms with Crippen molar-refractivity contribution in [2.24, 2.45) is 0 Å². The number of methoxy groups -OCH3 is 1. The van der Waals surface area contributed by atoms with Gasteiger partial charge in [0.05, 0.1) is 35.5 Å². The largest absolute Gasteiger partial charge is 0.507 e. The molecule has 1 unspecified atom stereocenters. The molecule has 2 aliphatic rings. The Morgan fingerprint density at radius 1 is 1.05 bits per heavy atom. The lowest BCUT2D eigenvalue weighted by Gasteiger charge is -2.23. The van der Waals surface area contributed by atoms with Crippen LogP contribution in [0.15, 0.2) is 66.2 Å². The molecule has 1 N–H and O–H groups in total. The van der Waals surface area contributed by atoms with Crippen molar-refractivity contribution < 1.29 is 33.6 Å². The Hall–Kier alpha value is -4.57. The molecular weight excluding hydrogens is 520 g/mol. The number of carbonyl (C=O) groups is 2. The number of nitrogens with zero attached hydrogens (tertiary/aromatic N) is 2. The maximum absolute atomic E-state index is 13.6. The maximum atomic E-state index is 13.6. The summed E-state index contributed by atoms with van der Waals surface area (Å²) in [5.74, 6) is 0.307. The van der Waals surface area contributed by atoms with E-state index in [2.05, 4.69) is 4.98 Å². The number of rotatable bonds is 6. The van der Waals surface area contributed by atoms with Crippen molar-refractivity contribution in [1.29, 1.82) is 0 Å². The Balaban J connectivity index is 1.52. The van der Waals surface area contributed by atoms with Crippen molar-refractivity contribution in [3.8, 4) is 23.0 Å². The van der Waals surface area contributed by atoms with Gasteiger partial charge in [0.25, 0.3) is 5.78 Å². The van der Waals surface area contributed by atoms with Crippen LogP contribution < -0.4 is 23.8 Å². The van der Waals surface area contributed by atoms with E-state index in [9.17, 15) is 14.7 Å². The minimum absolute atomic E-state index is 0.0563. The summed E-state index contributed by atoms with van der Waals surface area (Å²) in [5, 5.41) is 11.8. The number of hydrogen-bond acceptors (Lipinski definition) is 9. The zero-order valence-electron chi connectivity index (χ0n) is 21.2.